The van der Waals surface area contributed by atoms with Crippen molar-refractivity contribution in [3.05, 3.63) is 23.8 Å². The Kier molecular flexibility index (Phi) is 6.93. The van der Waals surface area contributed by atoms with Gasteiger partial charge in [0.25, 0.3) is 0 Å². The second-order valence-corrected chi connectivity index (χ2v) is 3.60. The van der Waals surface area contributed by atoms with Crippen molar-refractivity contribution in [2.75, 3.05) is 13.7 Å². The molecule has 0 aliphatic carbocycles. The van der Waals surface area contributed by atoms with Crippen LogP contribution in [0.1, 0.15) is 19.4 Å². The summed E-state index contributed by atoms with van der Waals surface area (Å²) in [4.78, 5) is 0. The van der Waals surface area contributed by atoms with Crippen molar-refractivity contribution in [2.45, 2.75) is 26.3 Å². The average Bonchev–Trinajstić information content (AvgIpc) is 2.20. The number of methoxy groups -OCH3 is 1. The fourth-order valence-electron chi connectivity index (χ4n) is 1.49. The Labute approximate surface area is 103 Å². The molecule has 0 spiro atoms. The third-order valence-corrected chi connectivity index (χ3v) is 2.09. The van der Waals surface area contributed by atoms with Gasteiger partial charge in [0.05, 0.1) is 13.7 Å². The van der Waals surface area contributed by atoms with Gasteiger partial charge in [-0.3, -0.25) is 0 Å². The lowest BCUT2D eigenvalue weighted by Crippen LogP contribution is -2.17. The minimum atomic E-state index is 0. The van der Waals surface area contributed by atoms with Crippen molar-refractivity contribution < 1.29 is 9.47 Å². The smallest absolute Gasteiger partial charge is 0.161 e. The molecule has 0 amide bonds. The van der Waals surface area contributed by atoms with Crippen LogP contribution >= 0.6 is 12.4 Å². The van der Waals surface area contributed by atoms with Crippen LogP contribution < -0.4 is 15.2 Å². The molecule has 1 aromatic rings. The summed E-state index contributed by atoms with van der Waals surface area (Å²) in [5.74, 6) is 1.56. The zero-order chi connectivity index (χ0) is 11.3. The van der Waals surface area contributed by atoms with Crippen molar-refractivity contribution in [2.24, 2.45) is 5.73 Å². The van der Waals surface area contributed by atoms with Crippen molar-refractivity contribution in [3.8, 4) is 11.5 Å². The van der Waals surface area contributed by atoms with Crippen molar-refractivity contribution in [1.29, 1.82) is 0 Å². The van der Waals surface area contributed by atoms with E-state index in [9.17, 15) is 0 Å². The lowest BCUT2D eigenvalue weighted by atomic mass is 10.1. The monoisotopic (exact) mass is 245 g/mol. The topological polar surface area (TPSA) is 44.5 Å². The van der Waals surface area contributed by atoms with E-state index in [1.54, 1.807) is 7.11 Å². The number of rotatable bonds is 5. The summed E-state index contributed by atoms with van der Waals surface area (Å²) >= 11 is 0. The van der Waals surface area contributed by atoms with E-state index >= 15 is 0 Å². The van der Waals surface area contributed by atoms with Crippen LogP contribution in [0.3, 0.4) is 0 Å². The molecule has 0 aromatic heterocycles. The number of nitrogens with two attached hydrogens (primary N) is 1. The predicted molar refractivity (Wildman–Crippen MR) is 68.8 cm³/mol. The highest BCUT2D eigenvalue weighted by Gasteiger charge is 2.06. The van der Waals surface area contributed by atoms with Gasteiger partial charge in [0.1, 0.15) is 0 Å². The zero-order valence-corrected chi connectivity index (χ0v) is 10.8. The molecule has 4 heteroatoms. The third kappa shape index (κ3) is 4.29. The molecule has 0 aliphatic rings. The van der Waals surface area contributed by atoms with Crippen LogP contribution in [-0.2, 0) is 6.42 Å². The van der Waals surface area contributed by atoms with Gasteiger partial charge >= 0.3 is 0 Å². The van der Waals surface area contributed by atoms with Gasteiger partial charge in [-0.2, -0.15) is 0 Å². The highest BCUT2D eigenvalue weighted by Crippen LogP contribution is 2.28. The van der Waals surface area contributed by atoms with Crippen molar-refractivity contribution >= 4 is 12.4 Å². The van der Waals surface area contributed by atoms with E-state index in [1.807, 2.05) is 32.0 Å². The Morgan fingerprint density at radius 1 is 1.31 bits per heavy atom. The lowest BCUT2D eigenvalue weighted by Gasteiger charge is -2.11. The molecule has 0 radical (unpaired) electrons. The Balaban J connectivity index is 0.00000225. The van der Waals surface area contributed by atoms with Gasteiger partial charge in [-0.25, -0.2) is 0 Å². The van der Waals surface area contributed by atoms with E-state index < -0.39 is 0 Å². The number of hydrogen-bond donors (Lipinski definition) is 1. The molecule has 3 nitrogen and oxygen atoms in total. The fourth-order valence-corrected chi connectivity index (χ4v) is 1.49. The highest BCUT2D eigenvalue weighted by molar-refractivity contribution is 5.85. The van der Waals surface area contributed by atoms with Crippen LogP contribution in [0, 0.1) is 0 Å². The predicted octanol–water partition coefficient (Wildman–Crippen LogP) is 2.41. The second-order valence-electron chi connectivity index (χ2n) is 3.60. The van der Waals surface area contributed by atoms with Gasteiger partial charge in [-0.15, -0.1) is 12.4 Å². The lowest BCUT2D eigenvalue weighted by molar-refractivity contribution is 0.310. The Morgan fingerprint density at radius 3 is 2.50 bits per heavy atom. The molecule has 0 unspecified atom stereocenters. The minimum Gasteiger partial charge on any atom is -0.493 e. The van der Waals surface area contributed by atoms with Gasteiger partial charge in [-0.05, 0) is 38.0 Å². The maximum absolute atomic E-state index is 5.74. The van der Waals surface area contributed by atoms with E-state index in [1.165, 1.54) is 5.56 Å². The molecule has 0 saturated heterocycles. The maximum atomic E-state index is 5.74. The molecule has 1 aromatic carbocycles. The molecule has 0 aliphatic heterocycles. The molecule has 0 saturated carbocycles. The summed E-state index contributed by atoms with van der Waals surface area (Å²) in [5, 5.41) is 0. The fraction of sp³-hybridized carbons (Fsp3) is 0.500. The van der Waals surface area contributed by atoms with Crippen LogP contribution in [0.5, 0.6) is 11.5 Å². The van der Waals surface area contributed by atoms with Gasteiger partial charge in [0.15, 0.2) is 11.5 Å². The standard InChI is InChI=1S/C12H19NO2.ClH/c1-4-15-11-6-5-10(7-9(2)13)8-12(11)14-3;/h5-6,8-9H,4,7,13H2,1-3H3;1H/t9-;/m1./s1. The Morgan fingerprint density at radius 2 is 2.00 bits per heavy atom. The molecular weight excluding hydrogens is 226 g/mol. The number of benzene rings is 1. The quantitative estimate of drug-likeness (QED) is 0.867. The number of ether oxygens (including phenoxy) is 2. The summed E-state index contributed by atoms with van der Waals surface area (Å²) in [5.41, 5.74) is 6.91. The molecule has 92 valence electrons. The van der Waals surface area contributed by atoms with Crippen LogP contribution in [0.15, 0.2) is 18.2 Å². The number of halogens is 1. The summed E-state index contributed by atoms with van der Waals surface area (Å²) in [6.45, 7) is 4.58. The van der Waals surface area contributed by atoms with Crippen LogP contribution in [0.2, 0.25) is 0 Å². The molecule has 2 N–H and O–H groups in total. The highest BCUT2D eigenvalue weighted by atomic mass is 35.5. The summed E-state index contributed by atoms with van der Waals surface area (Å²) < 4.78 is 10.7. The van der Waals surface area contributed by atoms with E-state index in [4.69, 9.17) is 15.2 Å². The van der Waals surface area contributed by atoms with Crippen molar-refractivity contribution in [3.63, 3.8) is 0 Å². The third-order valence-electron chi connectivity index (χ3n) is 2.09. The van der Waals surface area contributed by atoms with Crippen LogP contribution in [0.4, 0.5) is 0 Å². The molecule has 0 bridgehead atoms. The average molecular weight is 246 g/mol. The first-order chi connectivity index (χ1) is 7.17. The summed E-state index contributed by atoms with van der Waals surface area (Å²) in [6, 6.07) is 6.10. The maximum Gasteiger partial charge on any atom is 0.161 e. The zero-order valence-electron chi connectivity index (χ0n) is 10.0. The van der Waals surface area contributed by atoms with Crippen LogP contribution in [-0.4, -0.2) is 19.8 Å². The van der Waals surface area contributed by atoms with E-state index in [0.29, 0.717) is 6.61 Å². The first-order valence-corrected chi connectivity index (χ1v) is 5.22. The molecule has 1 atom stereocenters. The van der Waals surface area contributed by atoms with Gasteiger partial charge in [-0.1, -0.05) is 6.07 Å². The van der Waals surface area contributed by atoms with E-state index in [-0.39, 0.29) is 18.4 Å². The first-order valence-electron chi connectivity index (χ1n) is 5.22. The van der Waals surface area contributed by atoms with Gasteiger partial charge in [0.2, 0.25) is 0 Å². The van der Waals surface area contributed by atoms with Crippen molar-refractivity contribution in [1.82, 2.24) is 0 Å². The van der Waals surface area contributed by atoms with E-state index in [0.717, 1.165) is 17.9 Å². The Bertz CT molecular complexity index is 316. The number of hydrogen-bond acceptors (Lipinski definition) is 3. The largest absolute Gasteiger partial charge is 0.493 e. The molecule has 0 heterocycles. The molecule has 1 rings (SSSR count). The van der Waals surface area contributed by atoms with Gasteiger partial charge < -0.3 is 15.2 Å². The molecule has 16 heavy (non-hydrogen) atoms. The summed E-state index contributed by atoms with van der Waals surface area (Å²) in [6.07, 6.45) is 0.850. The van der Waals surface area contributed by atoms with E-state index in [2.05, 4.69) is 0 Å². The van der Waals surface area contributed by atoms with Gasteiger partial charge in [0, 0.05) is 6.04 Å². The molecular formula is C12H20ClNO2. The summed E-state index contributed by atoms with van der Waals surface area (Å²) in [7, 11) is 1.65. The second kappa shape index (κ2) is 7.36. The minimum absolute atomic E-state index is 0. The first kappa shape index (κ1) is 15.1. The Hall–Kier alpha value is -0.930. The SMILES string of the molecule is CCOc1ccc(C[C@@H](C)N)cc1OC.Cl. The normalized spacial score (nSPS) is 11.5. The molecule has 0 fully saturated rings. The van der Waals surface area contributed by atoms with Crippen LogP contribution in [0.25, 0.3) is 0 Å².